The van der Waals surface area contributed by atoms with Crippen LogP contribution < -0.4 is 15.4 Å². The Morgan fingerprint density at radius 1 is 1.47 bits per heavy atom. The third-order valence-electron chi connectivity index (χ3n) is 2.65. The van der Waals surface area contributed by atoms with Crippen molar-refractivity contribution in [1.82, 2.24) is 10.3 Å². The van der Waals surface area contributed by atoms with Gasteiger partial charge in [-0.25, -0.2) is 9.78 Å². The Labute approximate surface area is 107 Å². The average molecular weight is 273 g/mol. The summed E-state index contributed by atoms with van der Waals surface area (Å²) in [6.07, 6.45) is 1.94. The topological polar surface area (TPSA) is 83.5 Å². The number of pyridine rings is 1. The highest BCUT2D eigenvalue weighted by Crippen LogP contribution is 2.19. The molecule has 0 saturated heterocycles. The molecule has 0 bridgehead atoms. The highest BCUT2D eigenvalue weighted by Gasteiger charge is 2.28. The minimum atomic E-state index is -2.93. The second kappa shape index (κ2) is 5.79. The molecule has 1 saturated carbocycles. The fourth-order valence-corrected chi connectivity index (χ4v) is 1.67. The number of nitrogens with one attached hydrogen (secondary N) is 2. The van der Waals surface area contributed by atoms with E-state index in [9.17, 15) is 13.6 Å². The Bertz CT molecular complexity index is 435. The van der Waals surface area contributed by atoms with Gasteiger partial charge in [0.1, 0.15) is 0 Å². The normalized spacial score (nSPS) is 21.7. The molecule has 1 aliphatic carbocycles. The van der Waals surface area contributed by atoms with Gasteiger partial charge in [-0.3, -0.25) is 0 Å². The number of rotatable bonds is 4. The van der Waals surface area contributed by atoms with Crippen LogP contribution in [-0.2, 0) is 0 Å². The van der Waals surface area contributed by atoms with Crippen molar-refractivity contribution in [2.45, 2.75) is 31.6 Å². The zero-order valence-corrected chi connectivity index (χ0v) is 9.85. The van der Waals surface area contributed by atoms with E-state index >= 15 is 0 Å². The maximum Gasteiger partial charge on any atom is 0.388 e. The summed E-state index contributed by atoms with van der Waals surface area (Å²) >= 11 is 0. The second-order valence-electron chi connectivity index (χ2n) is 4.18. The predicted octanol–water partition coefficient (Wildman–Crippen LogP) is 1.33. The number of urea groups is 1. The average Bonchev–Trinajstić information content (AvgIpc) is 2.29. The summed E-state index contributed by atoms with van der Waals surface area (Å²) in [4.78, 5) is 15.1. The third-order valence-corrected chi connectivity index (χ3v) is 2.65. The molecule has 6 nitrogen and oxygen atoms in total. The molecule has 0 aromatic carbocycles. The summed E-state index contributed by atoms with van der Waals surface area (Å²) in [7, 11) is 0. The molecule has 2 rings (SSSR count). The van der Waals surface area contributed by atoms with Crippen molar-refractivity contribution in [2.75, 3.05) is 5.32 Å². The summed E-state index contributed by atoms with van der Waals surface area (Å²) in [5.74, 6) is -0.219. The molecular weight excluding hydrogens is 260 g/mol. The van der Waals surface area contributed by atoms with Gasteiger partial charge in [-0.15, -0.1) is 0 Å². The largest absolute Gasteiger partial charge is 0.417 e. The van der Waals surface area contributed by atoms with E-state index in [0.717, 1.165) is 0 Å². The smallest absolute Gasteiger partial charge is 0.388 e. The van der Waals surface area contributed by atoms with E-state index in [0.29, 0.717) is 18.5 Å². The number of ether oxygens (including phenoxy) is 1. The standard InChI is InChI=1S/C11H13F2N3O3/c12-10(13)19-9-2-1-6(5-14-9)15-11(18)16-7-3-8(17)4-7/h1-2,5,7-8,10,17H,3-4H2,(H2,15,16,18). The van der Waals surface area contributed by atoms with Gasteiger partial charge in [0.25, 0.3) is 0 Å². The monoisotopic (exact) mass is 273 g/mol. The van der Waals surface area contributed by atoms with Gasteiger partial charge >= 0.3 is 12.6 Å². The molecule has 0 radical (unpaired) electrons. The number of anilines is 1. The van der Waals surface area contributed by atoms with E-state index in [1.165, 1.54) is 18.3 Å². The number of nitrogens with zero attached hydrogens (tertiary/aromatic N) is 1. The molecule has 0 atom stereocenters. The number of hydrogen-bond acceptors (Lipinski definition) is 4. The summed E-state index contributed by atoms with van der Waals surface area (Å²) in [5, 5.41) is 14.2. The van der Waals surface area contributed by atoms with E-state index < -0.39 is 12.6 Å². The molecule has 1 aliphatic rings. The molecule has 2 amide bonds. The fourth-order valence-electron chi connectivity index (χ4n) is 1.67. The van der Waals surface area contributed by atoms with Crippen LogP contribution in [0.15, 0.2) is 18.3 Å². The third kappa shape index (κ3) is 4.02. The molecule has 0 spiro atoms. The van der Waals surface area contributed by atoms with Crippen molar-refractivity contribution in [3.8, 4) is 5.88 Å². The highest BCUT2D eigenvalue weighted by molar-refractivity contribution is 5.89. The van der Waals surface area contributed by atoms with Crippen LogP contribution in [0, 0.1) is 0 Å². The summed E-state index contributed by atoms with van der Waals surface area (Å²) in [6.45, 7) is -2.93. The lowest BCUT2D eigenvalue weighted by Crippen LogP contribution is -2.48. The van der Waals surface area contributed by atoms with Gasteiger partial charge in [-0.1, -0.05) is 0 Å². The number of hydrogen-bond donors (Lipinski definition) is 3. The first-order chi connectivity index (χ1) is 9.02. The van der Waals surface area contributed by atoms with Gasteiger partial charge in [0.2, 0.25) is 5.88 Å². The SMILES string of the molecule is O=C(Nc1ccc(OC(F)F)nc1)NC1CC(O)C1. The number of aliphatic hydroxyl groups excluding tert-OH is 1. The second-order valence-corrected chi connectivity index (χ2v) is 4.18. The van der Waals surface area contributed by atoms with Crippen molar-refractivity contribution < 1.29 is 23.4 Å². The first-order valence-electron chi connectivity index (χ1n) is 5.69. The lowest BCUT2D eigenvalue weighted by atomic mass is 9.90. The minimum absolute atomic E-state index is 0.0376. The van der Waals surface area contributed by atoms with E-state index in [-0.39, 0.29) is 18.0 Å². The van der Waals surface area contributed by atoms with Gasteiger partial charge in [-0.2, -0.15) is 8.78 Å². The van der Waals surface area contributed by atoms with E-state index in [1.807, 2.05) is 0 Å². The van der Waals surface area contributed by atoms with Crippen LogP contribution in [0.3, 0.4) is 0 Å². The van der Waals surface area contributed by atoms with Crippen LogP contribution >= 0.6 is 0 Å². The van der Waals surface area contributed by atoms with Crippen LogP contribution in [-0.4, -0.2) is 34.9 Å². The number of aromatic nitrogens is 1. The van der Waals surface area contributed by atoms with Crippen molar-refractivity contribution in [3.05, 3.63) is 18.3 Å². The highest BCUT2D eigenvalue weighted by atomic mass is 19.3. The van der Waals surface area contributed by atoms with Crippen molar-refractivity contribution in [3.63, 3.8) is 0 Å². The Morgan fingerprint density at radius 2 is 2.21 bits per heavy atom. The lowest BCUT2D eigenvalue weighted by molar-refractivity contribution is -0.0528. The van der Waals surface area contributed by atoms with E-state index in [2.05, 4.69) is 20.4 Å². The molecule has 1 aromatic rings. The maximum absolute atomic E-state index is 11.9. The molecule has 0 aliphatic heterocycles. The molecule has 19 heavy (non-hydrogen) atoms. The van der Waals surface area contributed by atoms with Crippen LogP contribution in [0.25, 0.3) is 0 Å². The number of halogens is 2. The van der Waals surface area contributed by atoms with Crippen LogP contribution in [0.2, 0.25) is 0 Å². The van der Waals surface area contributed by atoms with Crippen LogP contribution in [0.1, 0.15) is 12.8 Å². The van der Waals surface area contributed by atoms with Gasteiger partial charge < -0.3 is 20.5 Å². The number of amides is 2. The minimum Gasteiger partial charge on any atom is -0.417 e. The first kappa shape index (κ1) is 13.5. The number of alkyl halides is 2. The molecule has 104 valence electrons. The zero-order valence-electron chi connectivity index (χ0n) is 9.85. The quantitative estimate of drug-likeness (QED) is 0.772. The molecule has 1 aromatic heterocycles. The van der Waals surface area contributed by atoms with Crippen LogP contribution in [0.5, 0.6) is 5.88 Å². The molecular formula is C11H13F2N3O3. The Hall–Kier alpha value is -1.96. The summed E-state index contributed by atoms with van der Waals surface area (Å²) < 4.78 is 27.9. The van der Waals surface area contributed by atoms with Gasteiger partial charge in [-0.05, 0) is 18.9 Å². The Balaban J connectivity index is 1.80. The van der Waals surface area contributed by atoms with Crippen molar-refractivity contribution >= 4 is 11.7 Å². The lowest BCUT2D eigenvalue weighted by Gasteiger charge is -2.31. The van der Waals surface area contributed by atoms with Gasteiger partial charge in [0, 0.05) is 12.1 Å². The first-order valence-corrected chi connectivity index (χ1v) is 5.69. The van der Waals surface area contributed by atoms with Crippen LogP contribution in [0.4, 0.5) is 19.3 Å². The number of carbonyl (C=O) groups excluding carboxylic acids is 1. The molecule has 3 N–H and O–H groups in total. The van der Waals surface area contributed by atoms with E-state index in [4.69, 9.17) is 5.11 Å². The van der Waals surface area contributed by atoms with Crippen molar-refractivity contribution in [1.29, 1.82) is 0 Å². The van der Waals surface area contributed by atoms with Gasteiger partial charge in [0.05, 0.1) is 18.0 Å². The number of aliphatic hydroxyl groups is 1. The molecule has 1 fully saturated rings. The van der Waals surface area contributed by atoms with Crippen molar-refractivity contribution in [2.24, 2.45) is 0 Å². The predicted molar refractivity (Wildman–Crippen MR) is 62.1 cm³/mol. The van der Waals surface area contributed by atoms with Gasteiger partial charge in [0.15, 0.2) is 0 Å². The van der Waals surface area contributed by atoms with E-state index in [1.54, 1.807) is 0 Å². The zero-order chi connectivity index (χ0) is 13.8. The Kier molecular flexibility index (Phi) is 4.10. The maximum atomic E-state index is 11.9. The molecule has 8 heteroatoms. The number of carbonyl (C=O) groups is 1. The summed E-state index contributed by atoms with van der Waals surface area (Å²) in [5.41, 5.74) is 0.360. The fraction of sp³-hybridized carbons (Fsp3) is 0.455. The summed E-state index contributed by atoms with van der Waals surface area (Å²) in [6, 6.07) is 2.17. The Morgan fingerprint density at radius 3 is 2.74 bits per heavy atom. The molecule has 1 heterocycles. The molecule has 0 unspecified atom stereocenters.